The van der Waals surface area contributed by atoms with E-state index in [2.05, 4.69) is 10.6 Å². The molecule has 0 radical (unpaired) electrons. The standard InChI is InChI=1S/C17H18N2O2/c1-18-14-8-4-2-7-13(14)17(20)19-15-10-11-21-16-9-5-3-6-12(15)16/h2-9,15,18H,10-11H2,1H3,(H,19,20). The van der Waals surface area contributed by atoms with Crippen LogP contribution < -0.4 is 15.4 Å². The molecule has 0 saturated heterocycles. The van der Waals surface area contributed by atoms with Gasteiger partial charge in [0.2, 0.25) is 0 Å². The summed E-state index contributed by atoms with van der Waals surface area (Å²) in [6.45, 7) is 0.621. The highest BCUT2D eigenvalue weighted by Crippen LogP contribution is 2.31. The van der Waals surface area contributed by atoms with Gasteiger partial charge in [0.05, 0.1) is 18.2 Å². The van der Waals surface area contributed by atoms with Crippen LogP contribution in [0, 0.1) is 0 Å². The van der Waals surface area contributed by atoms with Crippen molar-refractivity contribution in [1.82, 2.24) is 5.32 Å². The van der Waals surface area contributed by atoms with Crippen LogP contribution in [0.4, 0.5) is 5.69 Å². The second-order valence-corrected chi connectivity index (χ2v) is 5.00. The van der Waals surface area contributed by atoms with Crippen LogP contribution in [-0.2, 0) is 0 Å². The number of benzene rings is 2. The predicted molar refractivity (Wildman–Crippen MR) is 82.7 cm³/mol. The summed E-state index contributed by atoms with van der Waals surface area (Å²) >= 11 is 0. The number of amides is 1. The van der Waals surface area contributed by atoms with Gasteiger partial charge in [-0.2, -0.15) is 0 Å². The molecule has 2 aromatic carbocycles. The van der Waals surface area contributed by atoms with Gasteiger partial charge in [0, 0.05) is 24.7 Å². The molecule has 0 fully saturated rings. The van der Waals surface area contributed by atoms with Gasteiger partial charge >= 0.3 is 0 Å². The molecule has 1 aliphatic rings. The number of fused-ring (bicyclic) bond motifs is 1. The van der Waals surface area contributed by atoms with Crippen molar-refractivity contribution in [2.75, 3.05) is 19.0 Å². The maximum Gasteiger partial charge on any atom is 0.253 e. The second kappa shape index (κ2) is 5.87. The van der Waals surface area contributed by atoms with Gasteiger partial charge in [-0.05, 0) is 18.2 Å². The van der Waals surface area contributed by atoms with E-state index in [0.717, 1.165) is 23.4 Å². The van der Waals surface area contributed by atoms with Crippen LogP contribution >= 0.6 is 0 Å². The number of anilines is 1. The van der Waals surface area contributed by atoms with Crippen LogP contribution in [0.25, 0.3) is 0 Å². The predicted octanol–water partition coefficient (Wildman–Crippen LogP) is 2.98. The Kier molecular flexibility index (Phi) is 3.77. The highest BCUT2D eigenvalue weighted by molar-refractivity contribution is 5.99. The van der Waals surface area contributed by atoms with Crippen LogP contribution in [0.5, 0.6) is 5.75 Å². The molecule has 1 atom stereocenters. The molecule has 0 aromatic heterocycles. The molecular weight excluding hydrogens is 264 g/mol. The van der Waals surface area contributed by atoms with Gasteiger partial charge in [-0.3, -0.25) is 4.79 Å². The zero-order valence-electron chi connectivity index (χ0n) is 11.9. The molecule has 1 unspecified atom stereocenters. The van der Waals surface area contributed by atoms with Crippen molar-refractivity contribution >= 4 is 11.6 Å². The maximum absolute atomic E-state index is 12.5. The van der Waals surface area contributed by atoms with Crippen LogP contribution in [0.3, 0.4) is 0 Å². The molecule has 4 nitrogen and oxygen atoms in total. The zero-order valence-corrected chi connectivity index (χ0v) is 11.9. The maximum atomic E-state index is 12.5. The molecule has 1 heterocycles. The largest absolute Gasteiger partial charge is 0.493 e. The summed E-state index contributed by atoms with van der Waals surface area (Å²) < 4.78 is 5.62. The Bertz CT molecular complexity index is 655. The van der Waals surface area contributed by atoms with Crippen molar-refractivity contribution in [2.24, 2.45) is 0 Å². The number of carbonyl (C=O) groups is 1. The SMILES string of the molecule is CNc1ccccc1C(=O)NC1CCOc2ccccc21. The summed E-state index contributed by atoms with van der Waals surface area (Å²) in [5.74, 6) is 0.789. The first-order valence-electron chi connectivity index (χ1n) is 7.09. The van der Waals surface area contributed by atoms with E-state index in [1.54, 1.807) is 0 Å². The van der Waals surface area contributed by atoms with Crippen molar-refractivity contribution < 1.29 is 9.53 Å². The van der Waals surface area contributed by atoms with E-state index < -0.39 is 0 Å². The van der Waals surface area contributed by atoms with Gasteiger partial charge in [-0.1, -0.05) is 30.3 Å². The highest BCUT2D eigenvalue weighted by Gasteiger charge is 2.23. The molecule has 4 heteroatoms. The Morgan fingerprint density at radius 2 is 1.90 bits per heavy atom. The van der Waals surface area contributed by atoms with Crippen molar-refractivity contribution in [2.45, 2.75) is 12.5 Å². The molecule has 0 spiro atoms. The van der Waals surface area contributed by atoms with E-state index >= 15 is 0 Å². The first-order valence-corrected chi connectivity index (χ1v) is 7.09. The Morgan fingerprint density at radius 1 is 1.14 bits per heavy atom. The number of carbonyl (C=O) groups excluding carboxylic acids is 1. The van der Waals surface area contributed by atoms with Gasteiger partial charge in [0.15, 0.2) is 0 Å². The van der Waals surface area contributed by atoms with E-state index in [0.29, 0.717) is 12.2 Å². The van der Waals surface area contributed by atoms with Crippen LogP contribution in [0.2, 0.25) is 0 Å². The zero-order chi connectivity index (χ0) is 14.7. The average molecular weight is 282 g/mol. The van der Waals surface area contributed by atoms with Crippen LogP contribution in [0.15, 0.2) is 48.5 Å². The van der Waals surface area contributed by atoms with Gasteiger partial charge in [-0.25, -0.2) is 0 Å². The number of nitrogens with one attached hydrogen (secondary N) is 2. The number of hydrogen-bond donors (Lipinski definition) is 2. The van der Waals surface area contributed by atoms with Crippen LogP contribution in [0.1, 0.15) is 28.4 Å². The van der Waals surface area contributed by atoms with E-state index in [1.807, 2.05) is 55.6 Å². The third-order valence-corrected chi connectivity index (χ3v) is 3.70. The third kappa shape index (κ3) is 2.70. The van der Waals surface area contributed by atoms with E-state index in [9.17, 15) is 4.79 Å². The van der Waals surface area contributed by atoms with Crippen molar-refractivity contribution in [3.63, 3.8) is 0 Å². The van der Waals surface area contributed by atoms with Crippen molar-refractivity contribution in [3.8, 4) is 5.75 Å². The lowest BCUT2D eigenvalue weighted by Crippen LogP contribution is -2.32. The molecule has 0 aliphatic carbocycles. The summed E-state index contributed by atoms with van der Waals surface area (Å²) in [5, 5.41) is 6.15. The molecule has 108 valence electrons. The van der Waals surface area contributed by atoms with Gasteiger partial charge in [-0.15, -0.1) is 0 Å². The Hall–Kier alpha value is -2.49. The summed E-state index contributed by atoms with van der Waals surface area (Å²) in [7, 11) is 1.82. The number of hydrogen-bond acceptors (Lipinski definition) is 3. The Morgan fingerprint density at radius 3 is 2.76 bits per heavy atom. The first-order chi connectivity index (χ1) is 10.3. The van der Waals surface area contributed by atoms with E-state index in [4.69, 9.17) is 4.74 Å². The molecule has 1 amide bonds. The number of para-hydroxylation sites is 2. The lowest BCUT2D eigenvalue weighted by molar-refractivity contribution is 0.0925. The minimum atomic E-state index is -0.0679. The fourth-order valence-corrected chi connectivity index (χ4v) is 2.63. The monoisotopic (exact) mass is 282 g/mol. The normalized spacial score (nSPS) is 16.5. The molecule has 21 heavy (non-hydrogen) atoms. The Labute approximate surface area is 124 Å². The lowest BCUT2D eigenvalue weighted by atomic mass is 10.00. The molecule has 2 N–H and O–H groups in total. The van der Waals surface area contributed by atoms with Gasteiger partial charge in [0.1, 0.15) is 5.75 Å². The number of rotatable bonds is 3. The van der Waals surface area contributed by atoms with Crippen LogP contribution in [-0.4, -0.2) is 19.6 Å². The van der Waals surface area contributed by atoms with Gasteiger partial charge in [0.25, 0.3) is 5.91 Å². The fourth-order valence-electron chi connectivity index (χ4n) is 2.63. The minimum Gasteiger partial charge on any atom is -0.493 e. The smallest absolute Gasteiger partial charge is 0.253 e. The summed E-state index contributed by atoms with van der Waals surface area (Å²) in [6, 6.07) is 15.3. The second-order valence-electron chi connectivity index (χ2n) is 5.00. The molecular formula is C17H18N2O2. The minimum absolute atomic E-state index is 0.00707. The summed E-state index contributed by atoms with van der Waals surface area (Å²) in [6.07, 6.45) is 0.782. The van der Waals surface area contributed by atoms with Crippen molar-refractivity contribution in [3.05, 3.63) is 59.7 Å². The van der Waals surface area contributed by atoms with Gasteiger partial charge < -0.3 is 15.4 Å². The lowest BCUT2D eigenvalue weighted by Gasteiger charge is -2.26. The molecule has 1 aliphatic heterocycles. The molecule has 0 bridgehead atoms. The Balaban J connectivity index is 1.83. The van der Waals surface area contributed by atoms with E-state index in [-0.39, 0.29) is 11.9 Å². The number of ether oxygens (including phenoxy) is 1. The van der Waals surface area contributed by atoms with E-state index in [1.165, 1.54) is 0 Å². The first kappa shape index (κ1) is 13.5. The average Bonchev–Trinajstić information content (AvgIpc) is 2.55. The third-order valence-electron chi connectivity index (χ3n) is 3.70. The van der Waals surface area contributed by atoms with Crippen molar-refractivity contribution in [1.29, 1.82) is 0 Å². The molecule has 2 aromatic rings. The highest BCUT2D eigenvalue weighted by atomic mass is 16.5. The fraction of sp³-hybridized carbons (Fsp3) is 0.235. The molecule has 3 rings (SSSR count). The quantitative estimate of drug-likeness (QED) is 0.910. The topological polar surface area (TPSA) is 50.4 Å². The summed E-state index contributed by atoms with van der Waals surface area (Å²) in [4.78, 5) is 12.5. The summed E-state index contributed by atoms with van der Waals surface area (Å²) in [5.41, 5.74) is 2.53. The molecule has 0 saturated carbocycles.